The molecule has 0 saturated heterocycles. The van der Waals surface area contributed by atoms with Crippen molar-refractivity contribution in [2.24, 2.45) is 0 Å². The molecule has 2 heterocycles. The second-order valence-electron chi connectivity index (χ2n) is 7.33. The third-order valence-electron chi connectivity index (χ3n) is 4.78. The molecule has 0 radical (unpaired) electrons. The second-order valence-corrected chi connectivity index (χ2v) is 8.08. The summed E-state index contributed by atoms with van der Waals surface area (Å²) in [5, 5.41) is 16.3. The Hall–Kier alpha value is -4.20. The molecule has 0 bridgehead atoms. The van der Waals surface area contributed by atoms with Crippen LogP contribution in [0.4, 0.5) is 8.78 Å². The largest absolute Gasteiger partial charge is 0.488 e. The van der Waals surface area contributed by atoms with Gasteiger partial charge in [-0.1, -0.05) is 24.3 Å². The monoisotopic (exact) mass is 564 g/mol. The normalized spacial score (nSPS) is 10.5. The molecule has 0 aliphatic heterocycles. The number of aromatic nitrogens is 6. The van der Waals surface area contributed by atoms with Crippen molar-refractivity contribution in [1.29, 1.82) is 0 Å². The van der Waals surface area contributed by atoms with E-state index < -0.39 is 28.4 Å². The minimum atomic E-state index is -0.918. The average molecular weight is 565 g/mol. The molecular weight excluding hydrogens is 546 g/mol. The summed E-state index contributed by atoms with van der Waals surface area (Å²) in [6.07, 6.45) is 0.949. The van der Waals surface area contributed by atoms with Gasteiger partial charge in [0.1, 0.15) is 11.6 Å². The van der Waals surface area contributed by atoms with E-state index in [9.17, 15) is 28.0 Å². The van der Waals surface area contributed by atoms with E-state index in [2.05, 4.69) is 31.1 Å². The Bertz CT molecular complexity index is 1440. The van der Waals surface area contributed by atoms with E-state index in [-0.39, 0.29) is 22.8 Å². The van der Waals surface area contributed by atoms with Crippen LogP contribution in [0.25, 0.3) is 0 Å². The van der Waals surface area contributed by atoms with Gasteiger partial charge in [0.05, 0.1) is 13.1 Å². The van der Waals surface area contributed by atoms with Gasteiger partial charge in [0.15, 0.2) is 4.60 Å². The molecule has 0 aliphatic carbocycles. The highest BCUT2D eigenvalue weighted by Crippen LogP contribution is 2.05. The fraction of sp³-hybridized carbons (Fsp3) is 0.182. The number of hydrogen-bond donors (Lipinski definition) is 3. The molecule has 11 nitrogen and oxygen atoms in total. The zero-order valence-corrected chi connectivity index (χ0v) is 20.0. The molecule has 0 atom stereocenters. The summed E-state index contributed by atoms with van der Waals surface area (Å²) in [6.45, 7) is 0.481. The van der Waals surface area contributed by atoms with Crippen LogP contribution in [-0.4, -0.2) is 34.6 Å². The van der Waals surface area contributed by atoms with Crippen molar-refractivity contribution in [2.75, 3.05) is 0 Å². The van der Waals surface area contributed by atoms with Gasteiger partial charge in [-0.2, -0.15) is 5.10 Å². The maximum atomic E-state index is 12.7. The Kier molecular flexibility index (Phi) is 8.78. The Labute approximate surface area is 208 Å². The van der Waals surface area contributed by atoms with Crippen LogP contribution in [0.2, 0.25) is 0 Å². The quantitative estimate of drug-likeness (QED) is 0.316. The molecule has 2 aromatic heterocycles. The van der Waals surface area contributed by atoms with E-state index in [0.29, 0.717) is 19.4 Å². The van der Waals surface area contributed by atoms with Crippen LogP contribution in [0.1, 0.15) is 11.1 Å². The van der Waals surface area contributed by atoms with Gasteiger partial charge in [-0.3, -0.25) is 19.6 Å². The van der Waals surface area contributed by atoms with Crippen molar-refractivity contribution in [3.05, 3.63) is 118 Å². The van der Waals surface area contributed by atoms with Crippen molar-refractivity contribution < 1.29 is 13.9 Å². The number of halogens is 3. The number of rotatable bonds is 6. The van der Waals surface area contributed by atoms with Crippen molar-refractivity contribution >= 4 is 15.9 Å². The highest BCUT2D eigenvalue weighted by Gasteiger charge is 2.05. The van der Waals surface area contributed by atoms with E-state index in [0.717, 1.165) is 20.5 Å². The van der Waals surface area contributed by atoms with Crippen LogP contribution in [0.15, 0.2) is 72.3 Å². The van der Waals surface area contributed by atoms with Gasteiger partial charge < -0.3 is 5.11 Å². The number of aromatic amines is 2. The highest BCUT2D eigenvalue weighted by atomic mass is 79.9. The summed E-state index contributed by atoms with van der Waals surface area (Å²) < 4.78 is 27.5. The molecule has 0 fully saturated rings. The number of H-pyrrole nitrogens is 2. The number of hydrogen-bond acceptors (Lipinski definition) is 7. The Morgan fingerprint density at radius 2 is 1.14 bits per heavy atom. The first kappa shape index (κ1) is 26.4. The fourth-order valence-electron chi connectivity index (χ4n) is 2.91. The number of nitrogens with zero attached hydrogens (tertiary/aromatic N) is 4. The standard InChI is InChI=1S/C11H9BrFN3O2.C11H10FN3O3/c12-9-10(17)14-11(18)16(15-9)6-5-7-1-3-8(13)4-2-7;12-8-3-1-7(2-4-8)5-6-15-11(18)13-9(16)10(17)14-15/h1-4H,5-6H2,(H,14,17,18);1-4H,5-6H2,(H,14,17)(H,13,16,18). The number of aryl methyl sites for hydroxylation is 4. The smallest absolute Gasteiger partial charge is 0.344 e. The van der Waals surface area contributed by atoms with E-state index in [1.54, 1.807) is 24.3 Å². The summed E-state index contributed by atoms with van der Waals surface area (Å²) in [4.78, 5) is 48.8. The third kappa shape index (κ3) is 7.40. The van der Waals surface area contributed by atoms with Crippen LogP contribution in [0.3, 0.4) is 0 Å². The minimum absolute atomic E-state index is 0.0567. The third-order valence-corrected chi connectivity index (χ3v) is 5.29. The van der Waals surface area contributed by atoms with E-state index >= 15 is 0 Å². The molecule has 0 saturated carbocycles. The summed E-state index contributed by atoms with van der Waals surface area (Å²) in [7, 11) is 0. The van der Waals surface area contributed by atoms with Crippen LogP contribution in [0, 0.1) is 11.6 Å². The lowest BCUT2D eigenvalue weighted by Crippen LogP contribution is -2.33. The zero-order chi connectivity index (χ0) is 26.2. The molecule has 188 valence electrons. The van der Waals surface area contributed by atoms with E-state index in [4.69, 9.17) is 5.11 Å². The van der Waals surface area contributed by atoms with Crippen molar-refractivity contribution in [3.8, 4) is 5.88 Å². The lowest BCUT2D eigenvalue weighted by molar-refractivity contribution is 0.402. The molecule has 0 spiro atoms. The van der Waals surface area contributed by atoms with E-state index in [1.165, 1.54) is 24.3 Å². The molecule has 0 unspecified atom stereocenters. The van der Waals surface area contributed by atoms with E-state index in [1.807, 2.05) is 4.98 Å². The second kappa shape index (κ2) is 12.0. The number of benzene rings is 2. The summed E-state index contributed by atoms with van der Waals surface area (Å²) in [6, 6.07) is 11.8. The summed E-state index contributed by atoms with van der Waals surface area (Å²) in [5.74, 6) is -1.40. The fourth-order valence-corrected chi connectivity index (χ4v) is 3.20. The van der Waals surface area contributed by atoms with Crippen LogP contribution in [0.5, 0.6) is 5.88 Å². The van der Waals surface area contributed by atoms with Gasteiger partial charge in [-0.05, 0) is 64.2 Å². The van der Waals surface area contributed by atoms with Crippen molar-refractivity contribution in [1.82, 2.24) is 29.5 Å². The molecule has 36 heavy (non-hydrogen) atoms. The molecule has 14 heteroatoms. The average Bonchev–Trinajstić information content (AvgIpc) is 2.84. The number of aromatic hydroxyl groups is 1. The van der Waals surface area contributed by atoms with Crippen LogP contribution in [-0.2, 0) is 25.9 Å². The van der Waals surface area contributed by atoms with Gasteiger partial charge in [-0.25, -0.2) is 27.7 Å². The summed E-state index contributed by atoms with van der Waals surface area (Å²) in [5.41, 5.74) is -1.04. The van der Waals surface area contributed by atoms with Gasteiger partial charge in [0, 0.05) is 0 Å². The maximum Gasteiger partial charge on any atom is 0.344 e. The maximum absolute atomic E-state index is 12.7. The minimum Gasteiger partial charge on any atom is -0.488 e. The van der Waals surface area contributed by atoms with Crippen molar-refractivity contribution in [3.63, 3.8) is 0 Å². The Morgan fingerprint density at radius 3 is 1.61 bits per heavy atom. The first-order valence-corrected chi connectivity index (χ1v) is 11.2. The summed E-state index contributed by atoms with van der Waals surface area (Å²) >= 11 is 2.95. The van der Waals surface area contributed by atoms with Crippen molar-refractivity contribution in [2.45, 2.75) is 25.9 Å². The molecule has 3 N–H and O–H groups in total. The van der Waals surface area contributed by atoms with Gasteiger partial charge in [-0.15, -0.1) is 5.10 Å². The zero-order valence-electron chi connectivity index (χ0n) is 18.5. The molecule has 4 rings (SSSR count). The van der Waals surface area contributed by atoms with Crippen LogP contribution >= 0.6 is 15.9 Å². The SMILES string of the molecule is O=c1[nH]c(=O)n(CCc2ccc(F)cc2)nc1Br.O=c1[nH]c(=O)n(CCc2ccc(F)cc2)nc1O. The lowest BCUT2D eigenvalue weighted by Gasteiger charge is -2.04. The molecule has 2 aromatic carbocycles. The topological polar surface area (TPSA) is 156 Å². The molecule has 0 amide bonds. The molecule has 4 aromatic rings. The predicted molar refractivity (Wildman–Crippen MR) is 128 cm³/mol. The van der Waals surface area contributed by atoms with Crippen LogP contribution < -0.4 is 22.5 Å². The lowest BCUT2D eigenvalue weighted by atomic mass is 10.1. The van der Waals surface area contributed by atoms with Gasteiger partial charge in [0.2, 0.25) is 0 Å². The first-order chi connectivity index (χ1) is 17.1. The van der Waals surface area contributed by atoms with Gasteiger partial charge >= 0.3 is 16.9 Å². The molecule has 0 aliphatic rings. The van der Waals surface area contributed by atoms with Gasteiger partial charge in [0.25, 0.3) is 11.4 Å². The first-order valence-electron chi connectivity index (χ1n) is 10.4. The Morgan fingerprint density at radius 1 is 0.722 bits per heavy atom. The highest BCUT2D eigenvalue weighted by molar-refractivity contribution is 9.10. The predicted octanol–water partition coefficient (Wildman–Crippen LogP) is 1.09. The number of nitrogens with one attached hydrogen (secondary N) is 2. The molecular formula is C22H19BrF2N6O5. The Balaban J connectivity index is 0.000000201.